The van der Waals surface area contributed by atoms with Gasteiger partial charge in [0.2, 0.25) is 5.95 Å². The van der Waals surface area contributed by atoms with E-state index < -0.39 is 6.43 Å². The first kappa shape index (κ1) is 28.7. The molecule has 6 rings (SSSR count). The van der Waals surface area contributed by atoms with Crippen molar-refractivity contribution in [2.45, 2.75) is 64.0 Å². The molecule has 4 heterocycles. The third kappa shape index (κ3) is 6.49. The number of nitrogens with one attached hydrogen (secondary N) is 1. The Morgan fingerprint density at radius 1 is 1.05 bits per heavy atom. The number of para-hydroxylation sites is 2. The third-order valence-corrected chi connectivity index (χ3v) is 8.67. The summed E-state index contributed by atoms with van der Waals surface area (Å²) in [5, 5.41) is 3.44. The second-order valence-electron chi connectivity index (χ2n) is 11.5. The number of nitrogens with zero attached hydrogens (tertiary/aromatic N) is 6. The minimum absolute atomic E-state index is 0.000989. The summed E-state index contributed by atoms with van der Waals surface area (Å²) in [6, 6.07) is 9.40. The molecular weight excluding hydrogens is 544 g/mol. The summed E-state index contributed by atoms with van der Waals surface area (Å²) in [4.78, 5) is 29.8. The Balaban J connectivity index is 1.17. The van der Waals surface area contributed by atoms with Gasteiger partial charge in [-0.2, -0.15) is 9.97 Å². The van der Waals surface area contributed by atoms with E-state index in [9.17, 15) is 13.6 Å². The number of piperidine rings is 1. The highest BCUT2D eigenvalue weighted by Crippen LogP contribution is 2.32. The number of imidazole rings is 1. The van der Waals surface area contributed by atoms with Crippen LogP contribution >= 0.6 is 0 Å². The largest absolute Gasteiger partial charge is 0.461 e. The van der Waals surface area contributed by atoms with Crippen molar-refractivity contribution in [3.8, 4) is 5.82 Å². The van der Waals surface area contributed by atoms with E-state index in [-0.39, 0.29) is 17.9 Å². The van der Waals surface area contributed by atoms with Crippen LogP contribution in [-0.2, 0) is 14.3 Å². The lowest BCUT2D eigenvalue weighted by Gasteiger charge is -2.41. The molecule has 226 valence electrons. The number of fused-ring (bicyclic) bond motifs is 1. The van der Waals surface area contributed by atoms with E-state index in [2.05, 4.69) is 20.1 Å². The summed E-state index contributed by atoms with van der Waals surface area (Å²) in [5.74, 6) is 1.40. The Labute approximate surface area is 244 Å². The highest BCUT2D eigenvalue weighted by molar-refractivity contribution is 5.78. The Morgan fingerprint density at radius 2 is 1.81 bits per heavy atom. The van der Waals surface area contributed by atoms with Gasteiger partial charge < -0.3 is 19.7 Å². The molecule has 2 aromatic heterocycles. The van der Waals surface area contributed by atoms with Crippen molar-refractivity contribution in [1.82, 2.24) is 24.4 Å². The summed E-state index contributed by atoms with van der Waals surface area (Å²) in [6.45, 7) is 6.57. The van der Waals surface area contributed by atoms with Gasteiger partial charge in [-0.25, -0.2) is 13.8 Å². The molecule has 0 amide bonds. The quantitative estimate of drug-likeness (QED) is 0.382. The van der Waals surface area contributed by atoms with E-state index in [1.165, 1.54) is 11.5 Å². The summed E-state index contributed by atoms with van der Waals surface area (Å²) >= 11 is 0. The Hall–Kier alpha value is -3.38. The lowest BCUT2D eigenvalue weighted by atomic mass is 9.84. The molecule has 2 saturated heterocycles. The molecule has 0 radical (unpaired) electrons. The molecule has 3 aromatic rings. The van der Waals surface area contributed by atoms with E-state index in [1.54, 1.807) is 24.3 Å². The Bertz CT molecular complexity index is 1370. The lowest BCUT2D eigenvalue weighted by Crippen LogP contribution is -2.47. The van der Waals surface area contributed by atoms with Gasteiger partial charge in [-0.15, -0.1) is 0 Å². The second-order valence-corrected chi connectivity index (χ2v) is 11.5. The number of rotatable bonds is 8. The van der Waals surface area contributed by atoms with E-state index in [0.717, 1.165) is 51.6 Å². The average Bonchev–Trinajstić information content (AvgIpc) is 3.41. The molecule has 1 unspecified atom stereocenters. The smallest absolute Gasteiger partial charge is 0.302 e. The predicted molar refractivity (Wildman–Crippen MR) is 155 cm³/mol. The van der Waals surface area contributed by atoms with Gasteiger partial charge >= 0.3 is 5.97 Å². The number of anilines is 2. The molecule has 2 aliphatic heterocycles. The van der Waals surface area contributed by atoms with Gasteiger partial charge in [0.15, 0.2) is 5.82 Å². The molecule has 1 atom stereocenters. The van der Waals surface area contributed by atoms with Gasteiger partial charge in [0, 0.05) is 45.2 Å². The van der Waals surface area contributed by atoms with E-state index >= 15 is 0 Å². The second kappa shape index (κ2) is 12.9. The predicted octanol–water partition coefficient (Wildman–Crippen LogP) is 4.59. The molecule has 0 spiro atoms. The van der Waals surface area contributed by atoms with Crippen LogP contribution in [0.5, 0.6) is 0 Å². The number of benzene rings is 1. The molecule has 42 heavy (non-hydrogen) atoms. The lowest BCUT2D eigenvalue weighted by molar-refractivity contribution is -0.149. The number of ether oxygens (including phenoxy) is 2. The Kier molecular flexibility index (Phi) is 8.80. The number of aromatic nitrogens is 4. The minimum Gasteiger partial charge on any atom is -0.461 e. The maximum Gasteiger partial charge on any atom is 0.302 e. The summed E-state index contributed by atoms with van der Waals surface area (Å²) < 4.78 is 40.8. The van der Waals surface area contributed by atoms with Crippen molar-refractivity contribution in [2.24, 2.45) is 5.92 Å². The number of halogens is 2. The number of morpholine rings is 1. The van der Waals surface area contributed by atoms with E-state index in [4.69, 9.17) is 19.4 Å². The van der Waals surface area contributed by atoms with Crippen LogP contribution in [0.3, 0.4) is 0 Å². The van der Waals surface area contributed by atoms with Crippen LogP contribution in [0.25, 0.3) is 16.9 Å². The fourth-order valence-corrected chi connectivity index (χ4v) is 6.58. The standard InChI is InChI=1S/C30H39F2N7O3/c1-20(40)42-23-5-4-12-38(19-23)22-10-8-21(9-11-22)18-33-30-35-26(37-13-15-41-16-14-37)17-27(36-30)39-25-7-3-2-6-24(25)34-29(39)28(31)32/h2-3,6-7,17,21-23,28H,4-5,8-16,18-19H2,1H3,(H,33,35,36). The van der Waals surface area contributed by atoms with Crippen molar-refractivity contribution in [1.29, 1.82) is 0 Å². The maximum absolute atomic E-state index is 14.1. The van der Waals surface area contributed by atoms with Crippen LogP contribution in [0, 0.1) is 5.92 Å². The van der Waals surface area contributed by atoms with Crippen molar-refractivity contribution >= 4 is 28.8 Å². The van der Waals surface area contributed by atoms with Gasteiger partial charge in [0.05, 0.1) is 24.2 Å². The normalized spacial score (nSPS) is 23.8. The van der Waals surface area contributed by atoms with Crippen LogP contribution in [-0.4, -0.2) is 88.5 Å². The van der Waals surface area contributed by atoms with E-state index in [0.29, 0.717) is 73.4 Å². The number of likely N-dealkylation sites (tertiary alicyclic amines) is 1. The fraction of sp³-hybridized carbons (Fsp3) is 0.600. The van der Waals surface area contributed by atoms with Gasteiger partial charge in [-0.05, 0) is 63.1 Å². The van der Waals surface area contributed by atoms with Gasteiger partial charge in [0.1, 0.15) is 17.7 Å². The summed E-state index contributed by atoms with van der Waals surface area (Å²) in [7, 11) is 0. The number of carbonyl (C=O) groups is 1. The highest BCUT2D eigenvalue weighted by Gasteiger charge is 2.31. The number of hydrogen-bond acceptors (Lipinski definition) is 9. The van der Waals surface area contributed by atoms with Crippen LogP contribution in [0.2, 0.25) is 0 Å². The van der Waals surface area contributed by atoms with Crippen LogP contribution < -0.4 is 10.2 Å². The minimum atomic E-state index is -2.75. The monoisotopic (exact) mass is 583 g/mol. The SMILES string of the molecule is CC(=O)OC1CCCN(C2CCC(CNc3nc(N4CCOCC4)cc(-n4c(C(F)F)nc5ccccc54)n3)CC2)C1. The van der Waals surface area contributed by atoms with E-state index in [1.807, 2.05) is 6.07 Å². The molecule has 3 aliphatic rings. The molecule has 3 fully saturated rings. The molecule has 10 nitrogen and oxygen atoms in total. The molecule has 1 saturated carbocycles. The van der Waals surface area contributed by atoms with Crippen molar-refractivity contribution in [2.75, 3.05) is 56.2 Å². The maximum atomic E-state index is 14.1. The van der Waals surface area contributed by atoms with Crippen molar-refractivity contribution in [3.63, 3.8) is 0 Å². The van der Waals surface area contributed by atoms with Gasteiger partial charge in [-0.3, -0.25) is 14.3 Å². The van der Waals surface area contributed by atoms with Crippen LogP contribution in [0.1, 0.15) is 57.7 Å². The zero-order chi connectivity index (χ0) is 29.1. The Morgan fingerprint density at radius 3 is 2.57 bits per heavy atom. The average molecular weight is 584 g/mol. The number of hydrogen-bond donors (Lipinski definition) is 1. The third-order valence-electron chi connectivity index (χ3n) is 8.67. The van der Waals surface area contributed by atoms with Crippen molar-refractivity contribution < 1.29 is 23.0 Å². The first-order chi connectivity index (χ1) is 20.4. The molecule has 0 bridgehead atoms. The van der Waals surface area contributed by atoms with Crippen molar-refractivity contribution in [3.05, 3.63) is 36.2 Å². The number of esters is 1. The number of alkyl halides is 2. The summed E-state index contributed by atoms with van der Waals surface area (Å²) in [5.41, 5.74) is 1.08. The zero-order valence-corrected chi connectivity index (χ0v) is 24.1. The first-order valence-corrected chi connectivity index (χ1v) is 15.1. The van der Waals surface area contributed by atoms with Crippen LogP contribution in [0.4, 0.5) is 20.5 Å². The highest BCUT2D eigenvalue weighted by atomic mass is 19.3. The van der Waals surface area contributed by atoms with Crippen LogP contribution in [0.15, 0.2) is 30.3 Å². The van der Waals surface area contributed by atoms with Gasteiger partial charge in [-0.1, -0.05) is 12.1 Å². The molecule has 1 N–H and O–H groups in total. The van der Waals surface area contributed by atoms with Gasteiger partial charge in [0.25, 0.3) is 6.43 Å². The topological polar surface area (TPSA) is 97.6 Å². The summed E-state index contributed by atoms with van der Waals surface area (Å²) in [6.07, 6.45) is 3.57. The molecule has 1 aromatic carbocycles. The zero-order valence-electron chi connectivity index (χ0n) is 24.1. The molecule has 1 aliphatic carbocycles. The fourth-order valence-electron chi connectivity index (χ4n) is 6.58. The molecular formula is C30H39F2N7O3. The molecule has 12 heteroatoms. The number of carbonyl (C=O) groups excluding carboxylic acids is 1. The first-order valence-electron chi connectivity index (χ1n) is 15.1.